The summed E-state index contributed by atoms with van der Waals surface area (Å²) >= 11 is 5.78. The van der Waals surface area contributed by atoms with Crippen LogP contribution in [0.4, 0.5) is 0 Å². The number of carbonyl (C=O) groups is 2. The SMILES string of the molecule is C[C@H](NC(=O)CCC(=O)c1ccc(Cl)cc1)c1ccc(O)cc1. The van der Waals surface area contributed by atoms with Gasteiger partial charge < -0.3 is 10.4 Å². The summed E-state index contributed by atoms with van der Waals surface area (Å²) in [7, 11) is 0. The average Bonchev–Trinajstić information content (AvgIpc) is 2.54. The molecule has 2 aromatic rings. The third-order valence-corrected chi connectivity index (χ3v) is 3.77. The van der Waals surface area contributed by atoms with Gasteiger partial charge in [-0.25, -0.2) is 0 Å². The molecule has 0 saturated carbocycles. The molecule has 0 bridgehead atoms. The van der Waals surface area contributed by atoms with Crippen molar-refractivity contribution in [1.82, 2.24) is 5.32 Å². The lowest BCUT2D eigenvalue weighted by atomic mass is 10.1. The second-order valence-electron chi connectivity index (χ2n) is 5.31. The van der Waals surface area contributed by atoms with Crippen molar-refractivity contribution in [2.75, 3.05) is 0 Å². The number of carbonyl (C=O) groups excluding carboxylic acids is 2. The van der Waals surface area contributed by atoms with Crippen molar-refractivity contribution in [2.45, 2.75) is 25.8 Å². The number of benzene rings is 2. The summed E-state index contributed by atoms with van der Waals surface area (Å²) in [5, 5.41) is 12.7. The fourth-order valence-corrected chi connectivity index (χ4v) is 2.29. The Hall–Kier alpha value is -2.33. The van der Waals surface area contributed by atoms with E-state index in [0.717, 1.165) is 5.56 Å². The van der Waals surface area contributed by atoms with Crippen LogP contribution in [0.25, 0.3) is 0 Å². The molecule has 5 heteroatoms. The van der Waals surface area contributed by atoms with Crippen LogP contribution in [0.5, 0.6) is 5.75 Å². The van der Waals surface area contributed by atoms with E-state index in [1.807, 2.05) is 6.92 Å². The summed E-state index contributed by atoms with van der Waals surface area (Å²) in [6, 6.07) is 13.1. The average molecular weight is 332 g/mol. The molecule has 0 radical (unpaired) electrons. The number of hydrogen-bond donors (Lipinski definition) is 2. The van der Waals surface area contributed by atoms with Crippen LogP contribution in [-0.4, -0.2) is 16.8 Å². The van der Waals surface area contributed by atoms with Crippen molar-refractivity contribution in [3.8, 4) is 5.75 Å². The fourth-order valence-electron chi connectivity index (χ4n) is 2.17. The zero-order valence-electron chi connectivity index (χ0n) is 12.8. The molecular weight excluding hydrogens is 314 g/mol. The Morgan fingerprint density at radius 3 is 2.26 bits per heavy atom. The fraction of sp³-hybridized carbons (Fsp3) is 0.222. The van der Waals surface area contributed by atoms with Gasteiger partial charge in [0.05, 0.1) is 6.04 Å². The highest BCUT2D eigenvalue weighted by Crippen LogP contribution is 2.17. The Bertz CT molecular complexity index is 680. The lowest BCUT2D eigenvalue weighted by Crippen LogP contribution is -2.26. The number of phenols is 1. The van der Waals surface area contributed by atoms with Crippen molar-refractivity contribution in [3.05, 3.63) is 64.7 Å². The van der Waals surface area contributed by atoms with Gasteiger partial charge >= 0.3 is 0 Å². The van der Waals surface area contributed by atoms with Gasteiger partial charge in [0, 0.05) is 23.4 Å². The van der Waals surface area contributed by atoms with Gasteiger partial charge in [0.2, 0.25) is 5.91 Å². The minimum Gasteiger partial charge on any atom is -0.508 e. The molecule has 1 amide bonds. The van der Waals surface area contributed by atoms with E-state index < -0.39 is 0 Å². The number of ketones is 1. The molecule has 1 atom stereocenters. The third-order valence-electron chi connectivity index (χ3n) is 3.52. The van der Waals surface area contributed by atoms with Gasteiger partial charge in [-0.2, -0.15) is 0 Å². The summed E-state index contributed by atoms with van der Waals surface area (Å²) in [6.45, 7) is 1.85. The Kier molecular flexibility index (Phi) is 5.77. The first-order valence-electron chi connectivity index (χ1n) is 7.33. The number of amides is 1. The zero-order chi connectivity index (χ0) is 16.8. The Morgan fingerprint density at radius 2 is 1.65 bits per heavy atom. The highest BCUT2D eigenvalue weighted by molar-refractivity contribution is 6.30. The normalized spacial score (nSPS) is 11.7. The molecule has 0 heterocycles. The van der Waals surface area contributed by atoms with E-state index in [9.17, 15) is 14.7 Å². The number of halogens is 1. The predicted molar refractivity (Wildman–Crippen MR) is 89.7 cm³/mol. The van der Waals surface area contributed by atoms with Gasteiger partial charge in [0.15, 0.2) is 5.78 Å². The second kappa shape index (κ2) is 7.79. The van der Waals surface area contributed by atoms with Crippen LogP contribution in [0.15, 0.2) is 48.5 Å². The van der Waals surface area contributed by atoms with E-state index in [2.05, 4.69) is 5.32 Å². The smallest absolute Gasteiger partial charge is 0.220 e. The highest BCUT2D eigenvalue weighted by atomic mass is 35.5. The molecule has 0 aliphatic carbocycles. The molecule has 2 N–H and O–H groups in total. The summed E-state index contributed by atoms with van der Waals surface area (Å²) in [4.78, 5) is 24.0. The number of rotatable bonds is 6. The van der Waals surface area contributed by atoms with Gasteiger partial charge in [-0.15, -0.1) is 0 Å². The third kappa shape index (κ3) is 5.11. The monoisotopic (exact) mass is 331 g/mol. The Balaban J connectivity index is 1.83. The highest BCUT2D eigenvalue weighted by Gasteiger charge is 2.12. The topological polar surface area (TPSA) is 66.4 Å². The van der Waals surface area contributed by atoms with E-state index in [4.69, 9.17) is 11.6 Å². The molecule has 0 spiro atoms. The quantitative estimate of drug-likeness (QED) is 0.789. The summed E-state index contributed by atoms with van der Waals surface area (Å²) < 4.78 is 0. The molecule has 0 aromatic heterocycles. The Labute approximate surface area is 140 Å². The number of phenolic OH excluding ortho intramolecular Hbond substituents is 1. The van der Waals surface area contributed by atoms with Gasteiger partial charge in [0.25, 0.3) is 0 Å². The molecule has 2 aromatic carbocycles. The molecule has 0 fully saturated rings. The van der Waals surface area contributed by atoms with Crippen LogP contribution >= 0.6 is 11.6 Å². The van der Waals surface area contributed by atoms with Gasteiger partial charge in [-0.05, 0) is 48.9 Å². The van der Waals surface area contributed by atoms with Crippen molar-refractivity contribution >= 4 is 23.3 Å². The number of hydrogen-bond acceptors (Lipinski definition) is 3. The molecule has 23 heavy (non-hydrogen) atoms. The van der Waals surface area contributed by atoms with Crippen molar-refractivity contribution in [2.24, 2.45) is 0 Å². The molecule has 0 unspecified atom stereocenters. The van der Waals surface area contributed by atoms with Crippen molar-refractivity contribution in [1.29, 1.82) is 0 Å². The summed E-state index contributed by atoms with van der Waals surface area (Å²) in [6.07, 6.45) is 0.277. The second-order valence-corrected chi connectivity index (χ2v) is 5.75. The standard InChI is InChI=1S/C18H18ClNO3/c1-12(13-4-8-16(21)9-5-13)20-18(23)11-10-17(22)14-2-6-15(19)7-3-14/h2-9,12,21H,10-11H2,1H3,(H,20,23)/t12-/m0/s1. The maximum atomic E-state index is 12.0. The summed E-state index contributed by atoms with van der Waals surface area (Å²) in [5.74, 6) is -0.0946. The summed E-state index contributed by atoms with van der Waals surface area (Å²) in [5.41, 5.74) is 1.44. The van der Waals surface area contributed by atoms with Crippen LogP contribution in [0, 0.1) is 0 Å². The predicted octanol–water partition coefficient (Wildman–Crippen LogP) is 3.89. The largest absolute Gasteiger partial charge is 0.508 e. The first-order valence-corrected chi connectivity index (χ1v) is 7.70. The zero-order valence-corrected chi connectivity index (χ0v) is 13.5. The number of aromatic hydroxyl groups is 1. The van der Waals surface area contributed by atoms with Crippen LogP contribution in [0.1, 0.15) is 41.7 Å². The lowest BCUT2D eigenvalue weighted by Gasteiger charge is -2.14. The van der Waals surface area contributed by atoms with Crippen LogP contribution in [-0.2, 0) is 4.79 Å². The van der Waals surface area contributed by atoms with E-state index >= 15 is 0 Å². The first kappa shape index (κ1) is 17.0. The van der Waals surface area contributed by atoms with E-state index in [-0.39, 0.29) is 36.3 Å². The molecule has 0 aliphatic heterocycles. The minimum absolute atomic E-state index is 0.0888. The van der Waals surface area contributed by atoms with Crippen molar-refractivity contribution in [3.63, 3.8) is 0 Å². The molecule has 0 saturated heterocycles. The van der Waals surface area contributed by atoms with Crippen LogP contribution in [0.3, 0.4) is 0 Å². The van der Waals surface area contributed by atoms with E-state index in [1.54, 1.807) is 48.5 Å². The molecular formula is C18H18ClNO3. The first-order chi connectivity index (χ1) is 11.0. The van der Waals surface area contributed by atoms with E-state index in [1.165, 1.54) is 0 Å². The minimum atomic E-state index is -0.187. The van der Waals surface area contributed by atoms with Gasteiger partial charge in [-0.3, -0.25) is 9.59 Å². The Morgan fingerprint density at radius 1 is 1.04 bits per heavy atom. The number of Topliss-reactive ketones (excluding diaryl/α,β-unsaturated/α-hetero) is 1. The number of nitrogens with one attached hydrogen (secondary N) is 1. The molecule has 0 aliphatic rings. The molecule has 2 rings (SSSR count). The van der Waals surface area contributed by atoms with E-state index in [0.29, 0.717) is 10.6 Å². The van der Waals surface area contributed by atoms with Gasteiger partial charge in [-0.1, -0.05) is 23.7 Å². The lowest BCUT2D eigenvalue weighted by molar-refractivity contribution is -0.121. The molecule has 120 valence electrons. The molecule has 4 nitrogen and oxygen atoms in total. The van der Waals surface area contributed by atoms with Crippen molar-refractivity contribution < 1.29 is 14.7 Å². The van der Waals surface area contributed by atoms with Gasteiger partial charge in [0.1, 0.15) is 5.75 Å². The maximum absolute atomic E-state index is 12.0. The van der Waals surface area contributed by atoms with Crippen LogP contribution < -0.4 is 5.32 Å². The van der Waals surface area contributed by atoms with Crippen LogP contribution in [0.2, 0.25) is 5.02 Å². The maximum Gasteiger partial charge on any atom is 0.220 e.